The second-order valence-corrected chi connectivity index (χ2v) is 6.09. The largest absolute Gasteiger partial charge is 0.507 e. The number of nitrogens with one attached hydrogen (secondary N) is 1. The number of aromatic hydroxyl groups is 1. The van der Waals surface area contributed by atoms with Gasteiger partial charge in [0.05, 0.1) is 5.88 Å². The lowest BCUT2D eigenvalue weighted by Gasteiger charge is -2.16. The predicted octanol–water partition coefficient (Wildman–Crippen LogP) is 3.94. The summed E-state index contributed by atoms with van der Waals surface area (Å²) in [6.07, 6.45) is -0.723. The molecule has 3 nitrogen and oxygen atoms in total. The quantitative estimate of drug-likeness (QED) is 0.303. The van der Waals surface area contributed by atoms with Crippen LogP contribution < -0.4 is 5.32 Å². The Kier molecular flexibility index (Phi) is 3.49. The normalized spacial score (nSPS) is 13.3. The zero-order chi connectivity index (χ0) is 16.0. The molecule has 0 aliphatic heterocycles. The SMILES string of the molecule is Oc1ccc2ccc3c(CNC(O)CCl)ccc4ccc1c2c43. The molecule has 0 saturated carbocycles. The third kappa shape index (κ3) is 2.29. The fourth-order valence-corrected chi connectivity index (χ4v) is 3.39. The molecule has 0 spiro atoms. The highest BCUT2D eigenvalue weighted by Gasteiger charge is 2.13. The van der Waals surface area contributed by atoms with Crippen molar-refractivity contribution in [1.82, 2.24) is 5.32 Å². The van der Waals surface area contributed by atoms with E-state index in [1.165, 1.54) is 0 Å². The van der Waals surface area contributed by atoms with Gasteiger partial charge in [0.15, 0.2) is 0 Å². The number of phenolic OH excluding ortho intramolecular Hbond substituents is 1. The Bertz CT molecular complexity index is 999. The van der Waals surface area contributed by atoms with Crippen LogP contribution in [0, 0.1) is 0 Å². The molecule has 1 unspecified atom stereocenters. The molecule has 1 atom stereocenters. The van der Waals surface area contributed by atoms with Crippen molar-refractivity contribution < 1.29 is 10.2 Å². The molecule has 0 amide bonds. The molecule has 3 N–H and O–H groups in total. The number of halogens is 1. The molecule has 0 aliphatic rings. The highest BCUT2D eigenvalue weighted by molar-refractivity contribution is 6.24. The molecule has 23 heavy (non-hydrogen) atoms. The summed E-state index contributed by atoms with van der Waals surface area (Å²) in [5.74, 6) is 0.452. The molecule has 0 radical (unpaired) electrons. The Morgan fingerprint density at radius 1 is 0.870 bits per heavy atom. The maximum Gasteiger partial charge on any atom is 0.123 e. The number of aliphatic hydroxyl groups is 1. The Labute approximate surface area is 138 Å². The molecule has 0 aliphatic carbocycles. The molecular formula is C19H16ClNO2. The van der Waals surface area contributed by atoms with Gasteiger partial charge in [-0.2, -0.15) is 0 Å². The molecular weight excluding hydrogens is 310 g/mol. The highest BCUT2D eigenvalue weighted by atomic mass is 35.5. The van der Waals surface area contributed by atoms with Gasteiger partial charge in [-0.3, -0.25) is 5.32 Å². The van der Waals surface area contributed by atoms with Crippen LogP contribution in [0.5, 0.6) is 5.75 Å². The molecule has 4 heteroatoms. The van der Waals surface area contributed by atoms with Gasteiger partial charge < -0.3 is 10.2 Å². The van der Waals surface area contributed by atoms with Crippen LogP contribution >= 0.6 is 11.6 Å². The average molecular weight is 326 g/mol. The van der Waals surface area contributed by atoms with E-state index < -0.39 is 6.23 Å². The van der Waals surface area contributed by atoms with Gasteiger partial charge in [0.25, 0.3) is 0 Å². The number of benzene rings is 4. The third-order valence-corrected chi connectivity index (χ3v) is 4.70. The van der Waals surface area contributed by atoms with Crippen molar-refractivity contribution in [3.8, 4) is 5.75 Å². The van der Waals surface area contributed by atoms with Crippen molar-refractivity contribution in [2.75, 3.05) is 5.88 Å². The molecule has 0 heterocycles. The van der Waals surface area contributed by atoms with E-state index in [4.69, 9.17) is 11.6 Å². The highest BCUT2D eigenvalue weighted by Crippen LogP contribution is 2.39. The van der Waals surface area contributed by atoms with E-state index in [1.807, 2.05) is 18.2 Å². The summed E-state index contributed by atoms with van der Waals surface area (Å²) >= 11 is 5.64. The summed E-state index contributed by atoms with van der Waals surface area (Å²) in [6.45, 7) is 0.536. The number of rotatable bonds is 4. The van der Waals surface area contributed by atoms with Gasteiger partial charge in [0.2, 0.25) is 0 Å². The minimum Gasteiger partial charge on any atom is -0.507 e. The second kappa shape index (κ2) is 5.53. The van der Waals surface area contributed by atoms with E-state index in [-0.39, 0.29) is 5.88 Å². The van der Waals surface area contributed by atoms with Crippen molar-refractivity contribution in [2.24, 2.45) is 0 Å². The molecule has 4 aromatic carbocycles. The minimum absolute atomic E-state index is 0.152. The zero-order valence-electron chi connectivity index (χ0n) is 12.4. The standard InChI is InChI=1S/C19H16ClNO2/c20-9-17(23)21-10-13-2-1-11-4-7-15-16(22)8-5-12-3-6-14(13)18(11)19(12)15/h1-8,17,21-23H,9-10H2. The van der Waals surface area contributed by atoms with Gasteiger partial charge in [-0.15, -0.1) is 11.6 Å². The van der Waals surface area contributed by atoms with Crippen LogP contribution in [0.2, 0.25) is 0 Å². The first-order valence-corrected chi connectivity index (χ1v) is 8.08. The third-order valence-electron chi connectivity index (χ3n) is 4.41. The van der Waals surface area contributed by atoms with E-state index in [1.54, 1.807) is 6.07 Å². The number of alkyl halides is 1. The first-order valence-electron chi connectivity index (χ1n) is 7.55. The maximum absolute atomic E-state index is 10.2. The first-order chi connectivity index (χ1) is 11.2. The van der Waals surface area contributed by atoms with Crippen molar-refractivity contribution in [2.45, 2.75) is 12.8 Å². The molecule has 0 aromatic heterocycles. The Morgan fingerprint density at radius 2 is 1.48 bits per heavy atom. The van der Waals surface area contributed by atoms with E-state index >= 15 is 0 Å². The number of hydrogen-bond donors (Lipinski definition) is 3. The van der Waals surface area contributed by atoms with Crippen LogP contribution in [0.4, 0.5) is 0 Å². The average Bonchev–Trinajstić information content (AvgIpc) is 2.59. The van der Waals surface area contributed by atoms with E-state index in [0.717, 1.165) is 37.9 Å². The smallest absolute Gasteiger partial charge is 0.123 e. The summed E-state index contributed by atoms with van der Waals surface area (Å²) in [4.78, 5) is 0. The van der Waals surface area contributed by atoms with Gasteiger partial charge in [-0.05, 0) is 33.2 Å². The van der Waals surface area contributed by atoms with Gasteiger partial charge in [-0.25, -0.2) is 0 Å². The lowest BCUT2D eigenvalue weighted by molar-refractivity contribution is 0.158. The summed E-state index contributed by atoms with van der Waals surface area (Å²) in [5.41, 5.74) is 1.10. The predicted molar refractivity (Wildman–Crippen MR) is 95.4 cm³/mol. The molecule has 0 fully saturated rings. The summed E-state index contributed by atoms with van der Waals surface area (Å²) < 4.78 is 0. The Balaban J connectivity index is 1.99. The molecule has 0 bridgehead atoms. The summed E-state index contributed by atoms with van der Waals surface area (Å²) in [7, 11) is 0. The van der Waals surface area contributed by atoms with Crippen molar-refractivity contribution >= 4 is 43.9 Å². The number of hydrogen-bond acceptors (Lipinski definition) is 3. The van der Waals surface area contributed by atoms with Crippen molar-refractivity contribution in [1.29, 1.82) is 0 Å². The fraction of sp³-hybridized carbons (Fsp3) is 0.158. The topological polar surface area (TPSA) is 52.5 Å². The van der Waals surface area contributed by atoms with Crippen LogP contribution in [0.3, 0.4) is 0 Å². The van der Waals surface area contributed by atoms with Gasteiger partial charge in [0, 0.05) is 17.3 Å². The lowest BCUT2D eigenvalue weighted by Crippen LogP contribution is -2.29. The second-order valence-electron chi connectivity index (χ2n) is 5.78. The molecule has 116 valence electrons. The lowest BCUT2D eigenvalue weighted by atomic mass is 9.91. The van der Waals surface area contributed by atoms with E-state index in [9.17, 15) is 10.2 Å². The maximum atomic E-state index is 10.2. The Hall–Kier alpha value is -2.07. The zero-order valence-corrected chi connectivity index (χ0v) is 13.1. The van der Waals surface area contributed by atoms with Crippen molar-refractivity contribution in [3.05, 3.63) is 54.1 Å². The summed E-state index contributed by atoms with van der Waals surface area (Å²) in [5, 5.41) is 29.3. The summed E-state index contributed by atoms with van der Waals surface area (Å²) in [6, 6.07) is 16.0. The minimum atomic E-state index is -0.723. The number of aliphatic hydroxyl groups excluding tert-OH is 1. The van der Waals surface area contributed by atoms with Gasteiger partial charge in [0.1, 0.15) is 12.0 Å². The number of phenols is 1. The monoisotopic (exact) mass is 325 g/mol. The molecule has 0 saturated heterocycles. The van der Waals surface area contributed by atoms with Gasteiger partial charge >= 0.3 is 0 Å². The van der Waals surface area contributed by atoms with Crippen LogP contribution in [0.25, 0.3) is 32.3 Å². The van der Waals surface area contributed by atoms with Crippen LogP contribution in [0.1, 0.15) is 5.56 Å². The fourth-order valence-electron chi connectivity index (χ4n) is 3.28. The first kappa shape index (κ1) is 14.5. The van der Waals surface area contributed by atoms with Crippen LogP contribution in [0.15, 0.2) is 48.5 Å². The van der Waals surface area contributed by atoms with Crippen LogP contribution in [-0.2, 0) is 6.54 Å². The molecule has 4 aromatic rings. The van der Waals surface area contributed by atoms with Crippen molar-refractivity contribution in [3.63, 3.8) is 0 Å². The van der Waals surface area contributed by atoms with E-state index in [0.29, 0.717) is 12.3 Å². The van der Waals surface area contributed by atoms with E-state index in [2.05, 4.69) is 29.6 Å². The molecule has 4 rings (SSSR count). The Morgan fingerprint density at radius 3 is 2.22 bits per heavy atom. The van der Waals surface area contributed by atoms with Gasteiger partial charge in [-0.1, -0.05) is 42.5 Å². The van der Waals surface area contributed by atoms with Crippen LogP contribution in [-0.4, -0.2) is 22.3 Å².